The number of hydrogen-bond acceptors (Lipinski definition) is 4. The quantitative estimate of drug-likeness (QED) is 0.753. The van der Waals surface area contributed by atoms with Crippen LogP contribution in [0.5, 0.6) is 0 Å². The van der Waals surface area contributed by atoms with Crippen molar-refractivity contribution in [2.75, 3.05) is 17.6 Å². The van der Waals surface area contributed by atoms with Gasteiger partial charge in [-0.05, 0) is 18.6 Å². The Morgan fingerprint density at radius 1 is 1.38 bits per heavy atom. The molecule has 0 unspecified atom stereocenters. The molecule has 0 spiro atoms. The number of hydrogen-bond donors (Lipinski definition) is 2. The first-order valence-corrected chi connectivity index (χ1v) is 5.37. The predicted octanol–water partition coefficient (Wildman–Crippen LogP) is 1.34. The lowest BCUT2D eigenvalue weighted by molar-refractivity contribution is 0.634. The SMILES string of the molecule is Nc1c(-c2ccccn2)nc2n1CCCN2. The lowest BCUT2D eigenvalue weighted by Gasteiger charge is -2.15. The fourth-order valence-electron chi connectivity index (χ4n) is 1.96. The maximum absolute atomic E-state index is 6.08. The van der Waals surface area contributed by atoms with Gasteiger partial charge in [0.05, 0.1) is 5.69 Å². The van der Waals surface area contributed by atoms with Gasteiger partial charge >= 0.3 is 0 Å². The minimum absolute atomic E-state index is 0.695. The Morgan fingerprint density at radius 3 is 3.06 bits per heavy atom. The first-order valence-electron chi connectivity index (χ1n) is 5.37. The third-order valence-electron chi connectivity index (χ3n) is 2.76. The number of imidazole rings is 1. The molecule has 3 N–H and O–H groups in total. The summed E-state index contributed by atoms with van der Waals surface area (Å²) in [6, 6.07) is 5.74. The van der Waals surface area contributed by atoms with Crippen molar-refractivity contribution in [2.24, 2.45) is 0 Å². The predicted molar refractivity (Wildman–Crippen MR) is 63.0 cm³/mol. The molecule has 16 heavy (non-hydrogen) atoms. The minimum Gasteiger partial charge on any atom is -0.383 e. The van der Waals surface area contributed by atoms with Gasteiger partial charge in [-0.1, -0.05) is 6.07 Å². The van der Waals surface area contributed by atoms with Crippen LogP contribution in [0.15, 0.2) is 24.4 Å². The number of nitrogens with one attached hydrogen (secondary N) is 1. The molecule has 82 valence electrons. The standard InChI is InChI=1S/C11H13N5/c12-10-9(8-4-1-2-5-13-8)15-11-14-6-3-7-16(10)11/h1-2,4-5H,3,6-7,12H2,(H,14,15). The van der Waals surface area contributed by atoms with E-state index in [4.69, 9.17) is 5.73 Å². The molecule has 0 saturated heterocycles. The van der Waals surface area contributed by atoms with Gasteiger partial charge in [-0.2, -0.15) is 0 Å². The third kappa shape index (κ3) is 1.32. The van der Waals surface area contributed by atoms with Crippen molar-refractivity contribution in [1.82, 2.24) is 14.5 Å². The molecule has 1 aliphatic rings. The summed E-state index contributed by atoms with van der Waals surface area (Å²) in [5.74, 6) is 1.55. The number of nitrogens with zero attached hydrogens (tertiary/aromatic N) is 3. The maximum atomic E-state index is 6.08. The number of nitrogens with two attached hydrogens (primary N) is 1. The normalized spacial score (nSPS) is 14.2. The number of rotatable bonds is 1. The lowest BCUT2D eigenvalue weighted by atomic mass is 10.3. The molecule has 2 aromatic rings. The topological polar surface area (TPSA) is 68.8 Å². The fraction of sp³-hybridized carbons (Fsp3) is 0.273. The molecule has 2 aromatic heterocycles. The molecule has 0 bridgehead atoms. The molecule has 5 heteroatoms. The van der Waals surface area contributed by atoms with Gasteiger partial charge in [0.25, 0.3) is 0 Å². The monoisotopic (exact) mass is 215 g/mol. The summed E-state index contributed by atoms with van der Waals surface area (Å²) in [6.45, 7) is 1.88. The zero-order valence-corrected chi connectivity index (χ0v) is 8.85. The first-order chi connectivity index (χ1) is 7.86. The smallest absolute Gasteiger partial charge is 0.205 e. The van der Waals surface area contributed by atoms with Gasteiger partial charge in [0.2, 0.25) is 5.95 Å². The van der Waals surface area contributed by atoms with Gasteiger partial charge in [0, 0.05) is 19.3 Å². The van der Waals surface area contributed by atoms with E-state index in [0.29, 0.717) is 5.82 Å². The molecule has 0 amide bonds. The molecule has 3 heterocycles. The van der Waals surface area contributed by atoms with E-state index in [-0.39, 0.29) is 0 Å². The summed E-state index contributed by atoms with van der Waals surface area (Å²) in [4.78, 5) is 8.75. The van der Waals surface area contributed by atoms with Crippen molar-refractivity contribution in [3.63, 3.8) is 0 Å². The Morgan fingerprint density at radius 2 is 2.31 bits per heavy atom. The highest BCUT2D eigenvalue weighted by atomic mass is 15.3. The molecular formula is C11H13N5. The summed E-state index contributed by atoms with van der Waals surface area (Å²) < 4.78 is 2.01. The highest BCUT2D eigenvalue weighted by molar-refractivity contribution is 5.70. The van der Waals surface area contributed by atoms with Crippen LogP contribution in [0.4, 0.5) is 11.8 Å². The van der Waals surface area contributed by atoms with Crippen LogP contribution in [0.1, 0.15) is 6.42 Å². The van der Waals surface area contributed by atoms with Crippen molar-refractivity contribution in [3.8, 4) is 11.4 Å². The molecular weight excluding hydrogens is 202 g/mol. The second kappa shape index (κ2) is 3.52. The van der Waals surface area contributed by atoms with E-state index < -0.39 is 0 Å². The average Bonchev–Trinajstić information content (AvgIpc) is 2.69. The largest absolute Gasteiger partial charge is 0.383 e. The van der Waals surface area contributed by atoms with Gasteiger partial charge in [-0.15, -0.1) is 0 Å². The van der Waals surface area contributed by atoms with Crippen molar-refractivity contribution >= 4 is 11.8 Å². The van der Waals surface area contributed by atoms with Crippen LogP contribution < -0.4 is 11.1 Å². The van der Waals surface area contributed by atoms with E-state index >= 15 is 0 Å². The van der Waals surface area contributed by atoms with Gasteiger partial charge in [0.15, 0.2) is 0 Å². The van der Waals surface area contributed by atoms with E-state index in [0.717, 1.165) is 36.8 Å². The number of fused-ring (bicyclic) bond motifs is 1. The van der Waals surface area contributed by atoms with E-state index in [9.17, 15) is 0 Å². The number of nitrogen functional groups attached to an aromatic ring is 1. The third-order valence-corrected chi connectivity index (χ3v) is 2.76. The van der Waals surface area contributed by atoms with Crippen LogP contribution in [-0.2, 0) is 6.54 Å². The van der Waals surface area contributed by atoms with Crippen LogP contribution in [0.25, 0.3) is 11.4 Å². The molecule has 1 aliphatic heterocycles. The van der Waals surface area contributed by atoms with Crippen LogP contribution in [0, 0.1) is 0 Å². The van der Waals surface area contributed by atoms with Crippen molar-refractivity contribution in [2.45, 2.75) is 13.0 Å². The second-order valence-electron chi connectivity index (χ2n) is 3.82. The molecule has 0 aromatic carbocycles. The Bertz CT molecular complexity index is 503. The van der Waals surface area contributed by atoms with Crippen LogP contribution >= 0.6 is 0 Å². The summed E-state index contributed by atoms with van der Waals surface area (Å²) in [5, 5.41) is 3.24. The zero-order valence-electron chi connectivity index (χ0n) is 8.85. The van der Waals surface area contributed by atoms with E-state index in [1.807, 2.05) is 22.8 Å². The molecule has 0 saturated carbocycles. The van der Waals surface area contributed by atoms with Crippen molar-refractivity contribution < 1.29 is 0 Å². The number of pyridine rings is 1. The zero-order chi connectivity index (χ0) is 11.0. The van der Waals surface area contributed by atoms with Gasteiger partial charge in [-0.3, -0.25) is 9.55 Å². The van der Waals surface area contributed by atoms with Gasteiger partial charge in [0.1, 0.15) is 11.5 Å². The Balaban J connectivity index is 2.12. The van der Waals surface area contributed by atoms with Gasteiger partial charge in [-0.25, -0.2) is 4.98 Å². The molecule has 3 rings (SSSR count). The van der Waals surface area contributed by atoms with Gasteiger partial charge < -0.3 is 11.1 Å². The Labute approximate surface area is 93.3 Å². The van der Waals surface area contributed by atoms with E-state index in [2.05, 4.69) is 15.3 Å². The summed E-state index contributed by atoms with van der Waals surface area (Å²) in [6.07, 6.45) is 2.83. The second-order valence-corrected chi connectivity index (χ2v) is 3.82. The van der Waals surface area contributed by atoms with Crippen LogP contribution in [0.2, 0.25) is 0 Å². The molecule has 0 fully saturated rings. The number of anilines is 2. The van der Waals surface area contributed by atoms with Crippen LogP contribution in [-0.4, -0.2) is 21.1 Å². The van der Waals surface area contributed by atoms with Crippen LogP contribution in [0.3, 0.4) is 0 Å². The summed E-state index contributed by atoms with van der Waals surface area (Å²) in [5.41, 5.74) is 7.67. The summed E-state index contributed by atoms with van der Waals surface area (Å²) in [7, 11) is 0. The Kier molecular flexibility index (Phi) is 2.02. The highest BCUT2D eigenvalue weighted by Crippen LogP contribution is 2.28. The molecule has 0 aliphatic carbocycles. The fourth-order valence-corrected chi connectivity index (χ4v) is 1.96. The van der Waals surface area contributed by atoms with Crippen molar-refractivity contribution in [3.05, 3.63) is 24.4 Å². The average molecular weight is 215 g/mol. The van der Waals surface area contributed by atoms with E-state index in [1.54, 1.807) is 6.20 Å². The maximum Gasteiger partial charge on any atom is 0.205 e. The molecule has 5 nitrogen and oxygen atoms in total. The first kappa shape index (κ1) is 9.21. The molecule has 0 atom stereocenters. The Hall–Kier alpha value is -2.04. The molecule has 0 radical (unpaired) electrons. The van der Waals surface area contributed by atoms with E-state index in [1.165, 1.54) is 0 Å². The van der Waals surface area contributed by atoms with Crippen molar-refractivity contribution in [1.29, 1.82) is 0 Å². The number of aromatic nitrogens is 3. The lowest BCUT2D eigenvalue weighted by Crippen LogP contribution is -2.18. The minimum atomic E-state index is 0.695. The summed E-state index contributed by atoms with van der Waals surface area (Å²) >= 11 is 0. The highest BCUT2D eigenvalue weighted by Gasteiger charge is 2.18.